The van der Waals surface area contributed by atoms with E-state index in [4.69, 9.17) is 9.47 Å². The lowest BCUT2D eigenvalue weighted by atomic mass is 9.88. The second-order valence-corrected chi connectivity index (χ2v) is 5.89. The van der Waals surface area contributed by atoms with Crippen LogP contribution in [0.4, 0.5) is 0 Å². The van der Waals surface area contributed by atoms with Crippen LogP contribution in [0.2, 0.25) is 0 Å². The van der Waals surface area contributed by atoms with Gasteiger partial charge in [0.15, 0.2) is 6.29 Å². The summed E-state index contributed by atoms with van der Waals surface area (Å²) in [5, 5.41) is 2.77. The van der Waals surface area contributed by atoms with E-state index in [1.54, 1.807) is 0 Å². The van der Waals surface area contributed by atoms with Crippen LogP contribution in [-0.2, 0) is 19.1 Å². The van der Waals surface area contributed by atoms with Gasteiger partial charge in [0.25, 0.3) is 0 Å². The molecule has 1 saturated heterocycles. The SMILES string of the molecule is CCC(=O)NCC1COC(CCC(=O)C(C)(C)C)O1. The number of hydrogen-bond donors (Lipinski definition) is 1. The Morgan fingerprint density at radius 2 is 2.00 bits per heavy atom. The quantitative estimate of drug-likeness (QED) is 0.798. The third-order valence-electron chi connectivity index (χ3n) is 3.10. The molecule has 1 aliphatic rings. The predicted octanol–water partition coefficient (Wildman–Crippen LogP) is 1.65. The van der Waals surface area contributed by atoms with Crippen molar-refractivity contribution in [2.45, 2.75) is 59.4 Å². The minimum atomic E-state index is -0.324. The Morgan fingerprint density at radius 1 is 1.32 bits per heavy atom. The van der Waals surface area contributed by atoms with E-state index in [0.717, 1.165) is 0 Å². The molecule has 0 aliphatic carbocycles. The first-order valence-corrected chi connectivity index (χ1v) is 6.90. The molecule has 1 rings (SSSR count). The summed E-state index contributed by atoms with van der Waals surface area (Å²) in [5.41, 5.74) is -0.312. The summed E-state index contributed by atoms with van der Waals surface area (Å²) >= 11 is 0. The highest BCUT2D eigenvalue weighted by Crippen LogP contribution is 2.21. The number of amides is 1. The van der Waals surface area contributed by atoms with Crippen molar-refractivity contribution >= 4 is 11.7 Å². The predicted molar refractivity (Wildman–Crippen MR) is 71.6 cm³/mol. The molecular weight excluding hydrogens is 246 g/mol. The molecule has 110 valence electrons. The van der Waals surface area contributed by atoms with Crippen molar-refractivity contribution in [1.82, 2.24) is 5.32 Å². The molecule has 1 fully saturated rings. The molecule has 19 heavy (non-hydrogen) atoms. The summed E-state index contributed by atoms with van der Waals surface area (Å²) in [7, 11) is 0. The van der Waals surface area contributed by atoms with E-state index in [-0.39, 0.29) is 29.5 Å². The number of rotatable bonds is 6. The van der Waals surface area contributed by atoms with Crippen LogP contribution in [0.25, 0.3) is 0 Å². The van der Waals surface area contributed by atoms with Gasteiger partial charge in [0.1, 0.15) is 11.9 Å². The van der Waals surface area contributed by atoms with Gasteiger partial charge < -0.3 is 14.8 Å². The van der Waals surface area contributed by atoms with Crippen molar-refractivity contribution in [2.75, 3.05) is 13.2 Å². The van der Waals surface area contributed by atoms with Crippen molar-refractivity contribution in [3.05, 3.63) is 0 Å². The van der Waals surface area contributed by atoms with Crippen molar-refractivity contribution in [3.8, 4) is 0 Å². The normalized spacial score (nSPS) is 23.4. The minimum Gasteiger partial charge on any atom is -0.353 e. The van der Waals surface area contributed by atoms with Crippen molar-refractivity contribution < 1.29 is 19.1 Å². The Kier molecular flexibility index (Phi) is 5.94. The van der Waals surface area contributed by atoms with Crippen LogP contribution in [0.15, 0.2) is 0 Å². The number of carbonyl (C=O) groups excluding carboxylic acids is 2. The number of hydrogen-bond acceptors (Lipinski definition) is 4. The van der Waals surface area contributed by atoms with E-state index in [1.165, 1.54) is 0 Å². The van der Waals surface area contributed by atoms with Gasteiger partial charge in [-0.15, -0.1) is 0 Å². The van der Waals surface area contributed by atoms with Crippen LogP contribution < -0.4 is 5.32 Å². The largest absolute Gasteiger partial charge is 0.353 e. The lowest BCUT2D eigenvalue weighted by molar-refractivity contribution is -0.129. The molecule has 1 aliphatic heterocycles. The van der Waals surface area contributed by atoms with Gasteiger partial charge in [0, 0.05) is 31.2 Å². The van der Waals surface area contributed by atoms with Crippen LogP contribution >= 0.6 is 0 Å². The Hall–Kier alpha value is -0.940. The highest BCUT2D eigenvalue weighted by Gasteiger charge is 2.28. The zero-order chi connectivity index (χ0) is 14.5. The zero-order valence-corrected chi connectivity index (χ0v) is 12.3. The Bertz CT molecular complexity index is 322. The van der Waals surface area contributed by atoms with E-state index in [0.29, 0.717) is 32.4 Å². The molecule has 0 aromatic heterocycles. The molecule has 0 saturated carbocycles. The minimum absolute atomic E-state index is 0.00922. The summed E-state index contributed by atoms with van der Waals surface area (Å²) in [6, 6.07) is 0. The first-order chi connectivity index (χ1) is 8.82. The second kappa shape index (κ2) is 7.01. The Labute approximate surface area is 115 Å². The average molecular weight is 271 g/mol. The molecule has 5 nitrogen and oxygen atoms in total. The molecular formula is C14H25NO4. The number of nitrogens with one attached hydrogen (secondary N) is 1. The molecule has 0 bridgehead atoms. The van der Waals surface area contributed by atoms with Gasteiger partial charge in [-0.1, -0.05) is 27.7 Å². The number of Topliss-reactive ketones (excluding diaryl/α,β-unsaturated/α-hetero) is 1. The van der Waals surface area contributed by atoms with Crippen LogP contribution in [-0.4, -0.2) is 37.2 Å². The van der Waals surface area contributed by atoms with Crippen molar-refractivity contribution in [2.24, 2.45) is 5.41 Å². The molecule has 0 spiro atoms. The maximum absolute atomic E-state index is 11.8. The number of ketones is 1. The highest BCUT2D eigenvalue weighted by atomic mass is 16.7. The lowest BCUT2D eigenvalue weighted by Crippen LogP contribution is -2.33. The molecule has 5 heteroatoms. The number of carbonyl (C=O) groups is 2. The molecule has 2 unspecified atom stereocenters. The molecule has 1 amide bonds. The summed E-state index contributed by atoms with van der Waals surface area (Å²) < 4.78 is 11.1. The van der Waals surface area contributed by atoms with Crippen LogP contribution in [0, 0.1) is 5.41 Å². The van der Waals surface area contributed by atoms with E-state index in [1.807, 2.05) is 27.7 Å². The summed E-state index contributed by atoms with van der Waals surface area (Å²) in [5.74, 6) is 0.220. The van der Waals surface area contributed by atoms with Gasteiger partial charge in [-0.25, -0.2) is 0 Å². The molecule has 0 aromatic rings. The maximum atomic E-state index is 11.8. The number of ether oxygens (including phenoxy) is 2. The third-order valence-corrected chi connectivity index (χ3v) is 3.10. The topological polar surface area (TPSA) is 64.6 Å². The standard InChI is InChI=1S/C14H25NO4/c1-5-12(17)15-8-10-9-18-13(19-10)7-6-11(16)14(2,3)4/h10,13H,5-9H2,1-4H3,(H,15,17). The summed E-state index contributed by atoms with van der Waals surface area (Å²) in [6.07, 6.45) is 1.08. The fourth-order valence-corrected chi connectivity index (χ4v) is 1.74. The second-order valence-electron chi connectivity index (χ2n) is 5.89. The van der Waals surface area contributed by atoms with E-state index >= 15 is 0 Å². The van der Waals surface area contributed by atoms with Crippen LogP contribution in [0.5, 0.6) is 0 Å². The lowest BCUT2D eigenvalue weighted by Gasteiger charge is -2.17. The van der Waals surface area contributed by atoms with E-state index in [2.05, 4.69) is 5.32 Å². The molecule has 2 atom stereocenters. The van der Waals surface area contributed by atoms with Gasteiger partial charge in [-0.3, -0.25) is 9.59 Å². The van der Waals surface area contributed by atoms with Crippen molar-refractivity contribution in [1.29, 1.82) is 0 Å². The van der Waals surface area contributed by atoms with Crippen LogP contribution in [0.3, 0.4) is 0 Å². The summed E-state index contributed by atoms with van der Waals surface area (Å²) in [4.78, 5) is 22.9. The molecule has 1 N–H and O–H groups in total. The van der Waals surface area contributed by atoms with Crippen molar-refractivity contribution in [3.63, 3.8) is 0 Å². The van der Waals surface area contributed by atoms with Gasteiger partial charge in [-0.05, 0) is 0 Å². The molecule has 1 heterocycles. The average Bonchev–Trinajstić information content (AvgIpc) is 2.79. The Balaban J connectivity index is 2.22. The van der Waals surface area contributed by atoms with E-state index < -0.39 is 0 Å². The Morgan fingerprint density at radius 3 is 2.58 bits per heavy atom. The third kappa shape index (κ3) is 5.70. The monoisotopic (exact) mass is 271 g/mol. The summed E-state index contributed by atoms with van der Waals surface area (Å²) in [6.45, 7) is 8.48. The fraction of sp³-hybridized carbons (Fsp3) is 0.857. The molecule has 0 aromatic carbocycles. The smallest absolute Gasteiger partial charge is 0.219 e. The van der Waals surface area contributed by atoms with E-state index in [9.17, 15) is 9.59 Å². The first-order valence-electron chi connectivity index (χ1n) is 6.90. The van der Waals surface area contributed by atoms with Gasteiger partial charge >= 0.3 is 0 Å². The zero-order valence-electron chi connectivity index (χ0n) is 12.3. The first kappa shape index (κ1) is 16.1. The van der Waals surface area contributed by atoms with Gasteiger partial charge in [0.2, 0.25) is 5.91 Å². The highest BCUT2D eigenvalue weighted by molar-refractivity contribution is 5.83. The van der Waals surface area contributed by atoms with Crippen LogP contribution in [0.1, 0.15) is 47.0 Å². The van der Waals surface area contributed by atoms with Gasteiger partial charge in [-0.2, -0.15) is 0 Å². The molecule has 0 radical (unpaired) electrons. The van der Waals surface area contributed by atoms with Gasteiger partial charge in [0.05, 0.1) is 6.61 Å². The fourth-order valence-electron chi connectivity index (χ4n) is 1.74. The maximum Gasteiger partial charge on any atom is 0.219 e.